The minimum absolute atomic E-state index is 0.645. The van der Waals surface area contributed by atoms with Crippen molar-refractivity contribution in [3.8, 4) is 45.3 Å². The summed E-state index contributed by atoms with van der Waals surface area (Å²) in [5.74, 6) is 1.95. The molecule has 9 rings (SSSR count). The van der Waals surface area contributed by atoms with E-state index in [1.807, 2.05) is 72.8 Å². The van der Waals surface area contributed by atoms with Gasteiger partial charge in [0, 0.05) is 33.0 Å². The summed E-state index contributed by atoms with van der Waals surface area (Å²) in [6.07, 6.45) is 0. The molecule has 0 saturated heterocycles. The van der Waals surface area contributed by atoms with E-state index in [0.29, 0.717) is 17.5 Å². The topological polar surface area (TPSA) is 51.8 Å². The maximum Gasteiger partial charge on any atom is 0.164 e. The Morgan fingerprint density at radius 1 is 0.356 bits per heavy atom. The second-order valence-corrected chi connectivity index (χ2v) is 11.3. The standard InChI is InChI=1S/C41H25N3O/c1-3-11-26(12-4-1)39-42-40(27-13-5-2-6-14-27)44-41(43-39)32-22-20-28-23-31(21-19-29(28)24-32)37-33-16-8-7-15-30(33)25-35-34-17-9-10-18-36(34)45-38(35)37/h1-25H. The van der Waals surface area contributed by atoms with Gasteiger partial charge in [-0.1, -0.05) is 127 Å². The summed E-state index contributed by atoms with van der Waals surface area (Å²) in [5, 5.41) is 6.88. The minimum Gasteiger partial charge on any atom is -0.455 e. The van der Waals surface area contributed by atoms with Gasteiger partial charge in [0.05, 0.1) is 0 Å². The van der Waals surface area contributed by atoms with Crippen molar-refractivity contribution in [2.24, 2.45) is 0 Å². The quantitative estimate of drug-likeness (QED) is 0.209. The molecule has 2 aromatic heterocycles. The molecule has 0 aliphatic heterocycles. The highest BCUT2D eigenvalue weighted by molar-refractivity contribution is 6.18. The lowest BCUT2D eigenvalue weighted by Crippen LogP contribution is -2.00. The molecule has 45 heavy (non-hydrogen) atoms. The van der Waals surface area contributed by atoms with Gasteiger partial charge in [-0.15, -0.1) is 0 Å². The van der Waals surface area contributed by atoms with E-state index in [1.165, 1.54) is 10.8 Å². The number of nitrogens with zero attached hydrogens (tertiary/aromatic N) is 3. The Morgan fingerprint density at radius 3 is 1.58 bits per heavy atom. The molecular formula is C41H25N3O. The first kappa shape index (κ1) is 25.4. The van der Waals surface area contributed by atoms with Crippen molar-refractivity contribution in [2.45, 2.75) is 0 Å². The number of para-hydroxylation sites is 1. The van der Waals surface area contributed by atoms with Gasteiger partial charge in [-0.3, -0.25) is 0 Å². The molecule has 2 heterocycles. The molecule has 0 fully saturated rings. The first-order chi connectivity index (χ1) is 22.3. The fourth-order valence-corrected chi connectivity index (χ4v) is 6.29. The summed E-state index contributed by atoms with van der Waals surface area (Å²) in [5.41, 5.74) is 6.90. The van der Waals surface area contributed by atoms with Gasteiger partial charge in [-0.25, -0.2) is 15.0 Å². The Morgan fingerprint density at radius 2 is 0.889 bits per heavy atom. The Labute approximate surface area is 259 Å². The number of fused-ring (bicyclic) bond motifs is 5. The van der Waals surface area contributed by atoms with E-state index in [1.54, 1.807) is 0 Å². The third kappa shape index (κ3) is 4.35. The normalized spacial score (nSPS) is 11.6. The van der Waals surface area contributed by atoms with Crippen LogP contribution >= 0.6 is 0 Å². The van der Waals surface area contributed by atoms with Crippen LogP contribution in [-0.4, -0.2) is 15.0 Å². The Bertz CT molecular complexity index is 2480. The number of aromatic nitrogens is 3. The second-order valence-electron chi connectivity index (χ2n) is 11.3. The highest BCUT2D eigenvalue weighted by Crippen LogP contribution is 2.42. The number of rotatable bonds is 4. The Kier molecular flexibility index (Phi) is 5.78. The van der Waals surface area contributed by atoms with Gasteiger partial charge in [0.15, 0.2) is 17.5 Å². The van der Waals surface area contributed by atoms with Crippen LogP contribution in [0.3, 0.4) is 0 Å². The molecule has 9 aromatic rings. The van der Waals surface area contributed by atoms with E-state index in [2.05, 4.69) is 78.9 Å². The maximum atomic E-state index is 6.51. The van der Waals surface area contributed by atoms with Gasteiger partial charge >= 0.3 is 0 Å². The molecule has 0 atom stereocenters. The van der Waals surface area contributed by atoms with Crippen molar-refractivity contribution in [3.05, 3.63) is 152 Å². The first-order valence-corrected chi connectivity index (χ1v) is 15.0. The number of furan rings is 1. The van der Waals surface area contributed by atoms with Crippen molar-refractivity contribution in [2.75, 3.05) is 0 Å². The zero-order valence-corrected chi connectivity index (χ0v) is 24.2. The molecule has 7 aromatic carbocycles. The van der Waals surface area contributed by atoms with Gasteiger partial charge in [-0.05, 0) is 51.4 Å². The molecule has 0 aliphatic carbocycles. The van der Waals surface area contributed by atoms with Crippen LogP contribution in [0.15, 0.2) is 156 Å². The van der Waals surface area contributed by atoms with Crippen molar-refractivity contribution in [1.82, 2.24) is 15.0 Å². The van der Waals surface area contributed by atoms with Crippen LogP contribution in [-0.2, 0) is 0 Å². The molecule has 0 N–H and O–H groups in total. The zero-order chi connectivity index (χ0) is 29.7. The van der Waals surface area contributed by atoms with Crippen molar-refractivity contribution >= 4 is 43.5 Å². The Balaban J connectivity index is 1.20. The number of benzene rings is 7. The predicted molar refractivity (Wildman–Crippen MR) is 184 cm³/mol. The zero-order valence-electron chi connectivity index (χ0n) is 24.2. The van der Waals surface area contributed by atoms with E-state index < -0.39 is 0 Å². The summed E-state index contributed by atoms with van der Waals surface area (Å²) in [6.45, 7) is 0. The van der Waals surface area contributed by atoms with Gasteiger partial charge < -0.3 is 4.42 Å². The third-order valence-electron chi connectivity index (χ3n) is 8.48. The van der Waals surface area contributed by atoms with Crippen LogP contribution < -0.4 is 0 Å². The summed E-state index contributed by atoms with van der Waals surface area (Å²) >= 11 is 0. The van der Waals surface area contributed by atoms with Gasteiger partial charge in [-0.2, -0.15) is 0 Å². The molecule has 4 nitrogen and oxygen atoms in total. The lowest BCUT2D eigenvalue weighted by Gasteiger charge is -2.11. The molecule has 0 unspecified atom stereocenters. The summed E-state index contributed by atoms with van der Waals surface area (Å²) < 4.78 is 6.51. The molecule has 0 bridgehead atoms. The summed E-state index contributed by atoms with van der Waals surface area (Å²) in [7, 11) is 0. The fraction of sp³-hybridized carbons (Fsp3) is 0. The molecular weight excluding hydrogens is 550 g/mol. The van der Waals surface area contributed by atoms with Crippen LogP contribution in [0, 0.1) is 0 Å². The maximum absolute atomic E-state index is 6.51. The van der Waals surface area contributed by atoms with Crippen LogP contribution in [0.1, 0.15) is 0 Å². The molecule has 0 spiro atoms. The lowest BCUT2D eigenvalue weighted by atomic mass is 9.93. The second kappa shape index (κ2) is 10.2. The van der Waals surface area contributed by atoms with E-state index in [0.717, 1.165) is 60.5 Å². The predicted octanol–water partition coefficient (Wildman–Crippen LogP) is 10.7. The van der Waals surface area contributed by atoms with E-state index in [9.17, 15) is 0 Å². The van der Waals surface area contributed by atoms with E-state index in [4.69, 9.17) is 19.4 Å². The number of hydrogen-bond acceptors (Lipinski definition) is 4. The molecule has 0 amide bonds. The van der Waals surface area contributed by atoms with Crippen LogP contribution in [0.2, 0.25) is 0 Å². The molecule has 0 saturated carbocycles. The fourth-order valence-electron chi connectivity index (χ4n) is 6.29. The van der Waals surface area contributed by atoms with E-state index in [-0.39, 0.29) is 0 Å². The lowest BCUT2D eigenvalue weighted by molar-refractivity contribution is 0.670. The monoisotopic (exact) mass is 575 g/mol. The van der Waals surface area contributed by atoms with Crippen LogP contribution in [0.25, 0.3) is 88.8 Å². The first-order valence-electron chi connectivity index (χ1n) is 15.0. The van der Waals surface area contributed by atoms with Crippen molar-refractivity contribution in [3.63, 3.8) is 0 Å². The summed E-state index contributed by atoms with van der Waals surface area (Å²) in [4.78, 5) is 14.7. The smallest absolute Gasteiger partial charge is 0.164 e. The molecule has 210 valence electrons. The average molecular weight is 576 g/mol. The Hall–Kier alpha value is -6.13. The molecule has 4 heteroatoms. The van der Waals surface area contributed by atoms with Gasteiger partial charge in [0.1, 0.15) is 11.2 Å². The van der Waals surface area contributed by atoms with Gasteiger partial charge in [0.2, 0.25) is 0 Å². The average Bonchev–Trinajstić information content (AvgIpc) is 3.48. The summed E-state index contributed by atoms with van der Waals surface area (Å²) in [6, 6.07) is 52.2. The largest absolute Gasteiger partial charge is 0.455 e. The SMILES string of the molecule is c1ccc(-c2nc(-c3ccccc3)nc(-c3ccc4cc(-c5c6ccccc6cc6c5oc5ccccc56)ccc4c3)n2)cc1. The third-order valence-corrected chi connectivity index (χ3v) is 8.48. The highest BCUT2D eigenvalue weighted by Gasteiger charge is 2.17. The van der Waals surface area contributed by atoms with Crippen LogP contribution in [0.4, 0.5) is 0 Å². The van der Waals surface area contributed by atoms with Crippen molar-refractivity contribution < 1.29 is 4.42 Å². The van der Waals surface area contributed by atoms with Crippen molar-refractivity contribution in [1.29, 1.82) is 0 Å². The molecule has 0 radical (unpaired) electrons. The van der Waals surface area contributed by atoms with Gasteiger partial charge in [0.25, 0.3) is 0 Å². The molecule has 0 aliphatic rings. The van der Waals surface area contributed by atoms with Crippen LogP contribution in [0.5, 0.6) is 0 Å². The van der Waals surface area contributed by atoms with E-state index >= 15 is 0 Å². The number of hydrogen-bond donors (Lipinski definition) is 0. The minimum atomic E-state index is 0.645. The highest BCUT2D eigenvalue weighted by atomic mass is 16.3.